The zero-order valence-corrected chi connectivity index (χ0v) is 24.9. The second-order valence-electron chi connectivity index (χ2n) is 11.6. The molecule has 1 aromatic carbocycles. The number of benzene rings is 1. The highest BCUT2D eigenvalue weighted by atomic mass is 32.2. The third kappa shape index (κ3) is 4.52. The Morgan fingerprint density at radius 3 is 2.46 bits per heavy atom. The van der Waals surface area contributed by atoms with Crippen molar-refractivity contribution < 1.29 is 31.5 Å². The molecule has 2 atom stereocenters. The predicted molar refractivity (Wildman–Crippen MR) is 157 cm³/mol. The molecule has 0 spiro atoms. The number of amides is 1. The van der Waals surface area contributed by atoms with Crippen molar-refractivity contribution >= 4 is 27.2 Å². The van der Waals surface area contributed by atoms with Gasteiger partial charge in [0.1, 0.15) is 17.0 Å². The lowest BCUT2D eigenvalue weighted by molar-refractivity contribution is -0.286. The summed E-state index contributed by atoms with van der Waals surface area (Å²) in [4.78, 5) is 28.3. The minimum atomic E-state index is -3.82. The second kappa shape index (κ2) is 9.90. The van der Waals surface area contributed by atoms with Gasteiger partial charge in [-0.25, -0.2) is 18.4 Å². The SMILES string of the molecule is CS(=O)(=O)c1c(C2CC3CCC(C2)N3C(=O)c2ncn[nH]2)nc2c(-c3ccc(-c4ccc5c(c4)OC(F)(F)O5)nc3)cnn2c1N. The Morgan fingerprint density at radius 1 is 1.04 bits per heavy atom. The standard InChI is InChI=1S/C29H25F2N9O5S/c1-46(42,43)24-23(16-8-17-4-5-18(9-16)39(17)28(41)26-34-13-35-38-26)37-27-19(12-36-40(27)25(24)32)15-2-6-20(33-11-15)14-3-7-21-22(10-14)45-29(30,31)44-21/h2-3,6-7,10-13,16-18H,4-5,8-9,32H2,1H3,(H,34,35,38). The summed E-state index contributed by atoms with van der Waals surface area (Å²) in [5.74, 6) is -0.559. The number of sulfone groups is 1. The average molecular weight is 650 g/mol. The van der Waals surface area contributed by atoms with E-state index in [1.165, 1.54) is 29.2 Å². The summed E-state index contributed by atoms with van der Waals surface area (Å²) in [6, 6.07) is 7.64. The lowest BCUT2D eigenvalue weighted by Crippen LogP contribution is -2.46. The van der Waals surface area contributed by atoms with Crippen LogP contribution in [0.2, 0.25) is 0 Å². The van der Waals surface area contributed by atoms with Crippen LogP contribution >= 0.6 is 0 Å². The molecule has 46 heavy (non-hydrogen) atoms. The molecule has 7 heterocycles. The van der Waals surface area contributed by atoms with Gasteiger partial charge in [-0.15, -0.1) is 8.78 Å². The van der Waals surface area contributed by atoms with Crippen LogP contribution in [-0.2, 0) is 9.84 Å². The number of halogens is 2. The Bertz CT molecular complexity index is 2120. The van der Waals surface area contributed by atoms with E-state index in [1.807, 2.05) is 4.90 Å². The third-order valence-corrected chi connectivity index (χ3v) is 9.94. The first-order valence-corrected chi connectivity index (χ1v) is 16.3. The van der Waals surface area contributed by atoms with Crippen LogP contribution in [0.25, 0.3) is 28.0 Å². The van der Waals surface area contributed by atoms with Gasteiger partial charge in [-0.05, 0) is 49.9 Å². The minimum Gasteiger partial charge on any atom is -0.395 e. The number of carbonyl (C=O) groups is 1. The van der Waals surface area contributed by atoms with Crippen LogP contribution in [-0.4, -0.2) is 78.6 Å². The molecule has 3 aliphatic heterocycles. The highest BCUT2D eigenvalue weighted by Gasteiger charge is 2.46. The molecule has 0 aliphatic carbocycles. The predicted octanol–water partition coefficient (Wildman–Crippen LogP) is 3.43. The summed E-state index contributed by atoms with van der Waals surface area (Å²) in [5, 5.41) is 10.8. The number of nitrogen functional groups attached to an aromatic ring is 1. The van der Waals surface area contributed by atoms with Crippen LogP contribution in [0.1, 0.15) is 47.9 Å². The fourth-order valence-corrected chi connectivity index (χ4v) is 7.93. The number of rotatable bonds is 5. The van der Waals surface area contributed by atoms with Gasteiger partial charge >= 0.3 is 6.29 Å². The number of anilines is 1. The summed E-state index contributed by atoms with van der Waals surface area (Å²) >= 11 is 0. The van der Waals surface area contributed by atoms with Crippen LogP contribution in [0, 0.1) is 0 Å². The van der Waals surface area contributed by atoms with Gasteiger partial charge in [0.15, 0.2) is 27.0 Å². The Labute approximate surface area is 259 Å². The Kier molecular flexibility index (Phi) is 6.09. The van der Waals surface area contributed by atoms with Crippen LogP contribution in [0.5, 0.6) is 11.5 Å². The third-order valence-electron chi connectivity index (χ3n) is 8.78. The lowest BCUT2D eigenvalue weighted by Gasteiger charge is -2.38. The Hall–Kier alpha value is -5.19. The summed E-state index contributed by atoms with van der Waals surface area (Å²) in [7, 11) is -3.82. The van der Waals surface area contributed by atoms with Gasteiger partial charge in [-0.3, -0.25) is 14.9 Å². The van der Waals surface area contributed by atoms with Crippen LogP contribution in [0.4, 0.5) is 14.6 Å². The minimum absolute atomic E-state index is 0.0528. The van der Waals surface area contributed by atoms with E-state index in [-0.39, 0.29) is 51.9 Å². The zero-order chi connectivity index (χ0) is 32.0. The number of hydrogen-bond acceptors (Lipinski definition) is 11. The summed E-state index contributed by atoms with van der Waals surface area (Å²) in [5.41, 5.74) is 9.43. The van der Waals surface area contributed by atoms with Crippen molar-refractivity contribution in [1.82, 2.24) is 39.7 Å². The van der Waals surface area contributed by atoms with Gasteiger partial charge in [0.05, 0.1) is 17.6 Å². The van der Waals surface area contributed by atoms with Gasteiger partial charge in [-0.1, -0.05) is 6.07 Å². The molecule has 3 N–H and O–H groups in total. The van der Waals surface area contributed by atoms with Crippen LogP contribution in [0.15, 0.2) is 53.9 Å². The topological polar surface area (TPSA) is 184 Å². The van der Waals surface area contributed by atoms with Crippen molar-refractivity contribution in [2.75, 3.05) is 12.0 Å². The van der Waals surface area contributed by atoms with Crippen molar-refractivity contribution in [3.63, 3.8) is 0 Å². The molecule has 2 unspecified atom stereocenters. The molecule has 0 radical (unpaired) electrons. The molecular formula is C29H25F2N9O5S. The number of H-pyrrole nitrogens is 1. The number of nitrogens with zero attached hydrogens (tertiary/aromatic N) is 7. The normalized spacial score (nSPS) is 21.6. The highest BCUT2D eigenvalue weighted by Crippen LogP contribution is 2.46. The number of ether oxygens (including phenoxy) is 2. The molecule has 14 nitrogen and oxygen atoms in total. The first-order valence-electron chi connectivity index (χ1n) is 14.4. The van der Waals surface area contributed by atoms with E-state index in [1.54, 1.807) is 24.4 Å². The summed E-state index contributed by atoms with van der Waals surface area (Å²) in [6.07, 6.45) is 4.33. The molecule has 2 saturated heterocycles. The van der Waals surface area contributed by atoms with E-state index in [0.29, 0.717) is 46.6 Å². The molecular weight excluding hydrogens is 624 g/mol. The van der Waals surface area contributed by atoms with Crippen molar-refractivity contribution in [2.24, 2.45) is 0 Å². The van der Waals surface area contributed by atoms with E-state index in [0.717, 1.165) is 19.1 Å². The van der Waals surface area contributed by atoms with Crippen LogP contribution in [0.3, 0.4) is 0 Å². The monoisotopic (exact) mass is 649 g/mol. The van der Waals surface area contributed by atoms with Gasteiger partial charge < -0.3 is 20.1 Å². The Balaban J connectivity index is 1.15. The number of nitrogens with two attached hydrogens (primary N) is 1. The van der Waals surface area contributed by atoms with Crippen molar-refractivity contribution in [3.8, 4) is 33.9 Å². The van der Waals surface area contributed by atoms with Crippen molar-refractivity contribution in [2.45, 2.75) is 54.9 Å². The first-order chi connectivity index (χ1) is 22.0. The number of fused-ring (bicyclic) bond motifs is 4. The van der Waals surface area contributed by atoms with E-state index in [4.69, 9.17) is 10.7 Å². The number of carbonyl (C=O) groups excluding carboxylic acids is 1. The van der Waals surface area contributed by atoms with Gasteiger partial charge in [0.2, 0.25) is 5.82 Å². The van der Waals surface area contributed by atoms with Gasteiger partial charge in [0, 0.05) is 47.1 Å². The summed E-state index contributed by atoms with van der Waals surface area (Å²) < 4.78 is 63.5. The molecule has 5 aromatic rings. The van der Waals surface area contributed by atoms with Gasteiger partial charge in [-0.2, -0.15) is 14.7 Å². The maximum atomic E-state index is 13.5. The first kappa shape index (κ1) is 28.3. The molecule has 0 saturated carbocycles. The fourth-order valence-electron chi connectivity index (χ4n) is 6.87. The number of pyridine rings is 1. The number of aromatic amines is 1. The molecule has 236 valence electrons. The average Bonchev–Trinajstić information content (AvgIpc) is 3.80. The van der Waals surface area contributed by atoms with E-state index >= 15 is 0 Å². The van der Waals surface area contributed by atoms with E-state index < -0.39 is 16.1 Å². The highest BCUT2D eigenvalue weighted by molar-refractivity contribution is 7.91. The number of aromatic nitrogens is 7. The molecule has 1 amide bonds. The molecule has 8 rings (SSSR count). The molecule has 2 fully saturated rings. The van der Waals surface area contributed by atoms with Crippen LogP contribution < -0.4 is 15.2 Å². The van der Waals surface area contributed by atoms with Crippen molar-refractivity contribution in [1.29, 1.82) is 0 Å². The molecule has 3 aliphatic rings. The van der Waals surface area contributed by atoms with Crippen molar-refractivity contribution in [3.05, 3.63) is 60.6 Å². The molecule has 17 heteroatoms. The quantitative estimate of drug-likeness (QED) is 0.284. The van der Waals surface area contributed by atoms with Gasteiger partial charge in [0.25, 0.3) is 5.91 Å². The number of piperidine rings is 1. The van der Waals surface area contributed by atoms with E-state index in [9.17, 15) is 22.0 Å². The maximum absolute atomic E-state index is 13.5. The number of nitrogens with one attached hydrogen (secondary N) is 1. The second-order valence-corrected chi connectivity index (χ2v) is 13.6. The number of alkyl halides is 2. The number of hydrogen-bond donors (Lipinski definition) is 2. The fraction of sp³-hybridized carbons (Fsp3) is 0.310. The molecule has 2 bridgehead atoms. The Morgan fingerprint density at radius 2 is 1.78 bits per heavy atom. The smallest absolute Gasteiger partial charge is 0.395 e. The maximum Gasteiger partial charge on any atom is 0.586 e. The largest absolute Gasteiger partial charge is 0.586 e. The van der Waals surface area contributed by atoms with E-state index in [2.05, 4.69) is 34.7 Å². The lowest BCUT2D eigenvalue weighted by atomic mass is 9.87. The molecule has 4 aromatic heterocycles. The summed E-state index contributed by atoms with van der Waals surface area (Å²) in [6.45, 7) is 0. The zero-order valence-electron chi connectivity index (χ0n) is 24.1.